The molecule has 0 aliphatic rings. The van der Waals surface area contributed by atoms with Gasteiger partial charge >= 0.3 is 35.8 Å². The summed E-state index contributed by atoms with van der Waals surface area (Å²) >= 11 is 0. The van der Waals surface area contributed by atoms with Gasteiger partial charge in [-0.2, -0.15) is 0 Å². The molecule has 6 N–H and O–H groups in total. The Bertz CT molecular complexity index is 491. The van der Waals surface area contributed by atoms with E-state index in [0.717, 1.165) is 38.5 Å². The van der Waals surface area contributed by atoms with Gasteiger partial charge in [0.25, 0.3) is 0 Å². The summed E-state index contributed by atoms with van der Waals surface area (Å²) in [7, 11) is 0. The molecule has 0 saturated heterocycles. The number of aliphatic carboxylic acids is 6. The molecule has 0 aliphatic carbocycles. The van der Waals surface area contributed by atoms with Crippen molar-refractivity contribution in [1.82, 2.24) is 0 Å². The highest BCUT2D eigenvalue weighted by molar-refractivity contribution is 5.68. The van der Waals surface area contributed by atoms with Crippen LogP contribution < -0.4 is 0 Å². The molecule has 0 unspecified atom stereocenters. The Morgan fingerprint density at radius 1 is 0.250 bits per heavy atom. The highest BCUT2D eigenvalue weighted by Gasteiger charge is 2.00. The van der Waals surface area contributed by atoms with Crippen molar-refractivity contribution in [2.24, 2.45) is 0 Å². The smallest absolute Gasteiger partial charge is 0.303 e. The molecule has 0 aliphatic heterocycles. The van der Waals surface area contributed by atoms with Crippen LogP contribution in [0.3, 0.4) is 0 Å². The minimum absolute atomic E-state index is 0.188. The molecule has 0 amide bonds. The van der Waals surface area contributed by atoms with Gasteiger partial charge in [-0.05, 0) is 38.5 Å². The van der Waals surface area contributed by atoms with Crippen LogP contribution in [0.1, 0.15) is 116 Å². The van der Waals surface area contributed by atoms with Gasteiger partial charge in [0.15, 0.2) is 0 Å². The number of carboxylic acids is 6. The minimum Gasteiger partial charge on any atom is -0.481 e. The first-order chi connectivity index (χ1) is 16.9. The molecule has 0 fully saturated rings. The molecule has 0 atom stereocenters. The first-order valence-electron chi connectivity index (χ1n) is 12.2. The van der Waals surface area contributed by atoms with Crippen LogP contribution in [-0.4, -0.2) is 66.5 Å². The molecular formula is C24H42O12. The molecule has 0 rings (SSSR count). The molecule has 0 aromatic rings. The molecule has 0 spiro atoms. The van der Waals surface area contributed by atoms with Gasteiger partial charge in [-0.1, -0.05) is 38.5 Å². The molecule has 0 heterocycles. The SMILES string of the molecule is O=C(O)CCCCCCC(=O)O.O=C(O)CCCCCCC(=O)O.O=C(O)CCCCCCC(=O)O. The standard InChI is InChI=1S/3C8H14O4/c3*9-7(10)5-3-1-2-4-6-8(11)12/h3*1-6H2,(H,9,10)(H,11,12). The maximum atomic E-state index is 10.0. The number of rotatable bonds is 21. The normalized spacial score (nSPS) is 9.67. The lowest BCUT2D eigenvalue weighted by atomic mass is 10.1. The van der Waals surface area contributed by atoms with E-state index in [1.807, 2.05) is 0 Å². The van der Waals surface area contributed by atoms with Crippen molar-refractivity contribution >= 4 is 35.8 Å². The van der Waals surface area contributed by atoms with Gasteiger partial charge in [0.1, 0.15) is 0 Å². The predicted octanol–water partition coefficient (Wildman–Crippen LogP) is 4.49. The summed E-state index contributed by atoms with van der Waals surface area (Å²) in [5.41, 5.74) is 0. The van der Waals surface area contributed by atoms with Crippen LogP contribution in [0.4, 0.5) is 0 Å². The predicted molar refractivity (Wildman–Crippen MR) is 129 cm³/mol. The minimum atomic E-state index is -0.784. The largest absolute Gasteiger partial charge is 0.481 e. The third-order valence-corrected chi connectivity index (χ3v) is 4.59. The summed E-state index contributed by atoms with van der Waals surface area (Å²) < 4.78 is 0. The lowest BCUT2D eigenvalue weighted by molar-refractivity contribution is -0.138. The molecule has 12 nitrogen and oxygen atoms in total. The highest BCUT2D eigenvalue weighted by atomic mass is 16.4. The second-order valence-corrected chi connectivity index (χ2v) is 8.11. The Hall–Kier alpha value is -3.18. The Morgan fingerprint density at radius 2 is 0.361 bits per heavy atom. The van der Waals surface area contributed by atoms with Crippen LogP contribution in [-0.2, 0) is 28.8 Å². The summed E-state index contributed by atoms with van der Waals surface area (Å²) in [5, 5.41) is 49.6. The van der Waals surface area contributed by atoms with Crippen molar-refractivity contribution in [3.05, 3.63) is 0 Å². The second-order valence-electron chi connectivity index (χ2n) is 8.11. The molecule has 36 heavy (non-hydrogen) atoms. The maximum absolute atomic E-state index is 10.0. The van der Waals surface area contributed by atoms with Gasteiger partial charge in [0.05, 0.1) is 0 Å². The Labute approximate surface area is 211 Å². The van der Waals surface area contributed by atoms with Gasteiger partial charge in [-0.3, -0.25) is 28.8 Å². The Kier molecular flexibility index (Phi) is 29.1. The van der Waals surface area contributed by atoms with Gasteiger partial charge in [0, 0.05) is 38.5 Å². The fourth-order valence-electron chi connectivity index (χ4n) is 2.72. The van der Waals surface area contributed by atoms with Gasteiger partial charge in [0.2, 0.25) is 0 Å². The van der Waals surface area contributed by atoms with Crippen molar-refractivity contribution in [3.8, 4) is 0 Å². The molecule has 0 saturated carbocycles. The first kappa shape index (κ1) is 37.4. The molecule has 0 radical (unpaired) electrons. The first-order valence-corrected chi connectivity index (χ1v) is 12.2. The van der Waals surface area contributed by atoms with Crippen LogP contribution in [0.25, 0.3) is 0 Å². The van der Waals surface area contributed by atoms with Gasteiger partial charge in [-0.25, -0.2) is 0 Å². The molecule has 12 heteroatoms. The van der Waals surface area contributed by atoms with E-state index in [-0.39, 0.29) is 38.5 Å². The van der Waals surface area contributed by atoms with Crippen LogP contribution in [0.15, 0.2) is 0 Å². The monoisotopic (exact) mass is 522 g/mol. The van der Waals surface area contributed by atoms with E-state index in [0.29, 0.717) is 38.5 Å². The lowest BCUT2D eigenvalue weighted by Gasteiger charge is -1.96. The summed E-state index contributed by atoms with van der Waals surface area (Å²) in [5.74, 6) is -4.70. The Morgan fingerprint density at radius 3 is 0.444 bits per heavy atom. The van der Waals surface area contributed by atoms with Crippen molar-refractivity contribution in [3.63, 3.8) is 0 Å². The van der Waals surface area contributed by atoms with Crippen LogP contribution in [0, 0.1) is 0 Å². The zero-order valence-electron chi connectivity index (χ0n) is 20.9. The highest BCUT2D eigenvalue weighted by Crippen LogP contribution is 2.06. The van der Waals surface area contributed by atoms with Crippen LogP contribution in [0.5, 0.6) is 0 Å². The van der Waals surface area contributed by atoms with Crippen LogP contribution >= 0.6 is 0 Å². The Balaban J connectivity index is -0.000000454. The van der Waals surface area contributed by atoms with Gasteiger partial charge < -0.3 is 30.6 Å². The number of carboxylic acid groups (broad SMARTS) is 6. The van der Waals surface area contributed by atoms with E-state index in [2.05, 4.69) is 0 Å². The van der Waals surface area contributed by atoms with E-state index in [9.17, 15) is 28.8 Å². The average molecular weight is 523 g/mol. The summed E-state index contributed by atoms with van der Waals surface area (Å²) in [6.07, 6.45) is 9.84. The van der Waals surface area contributed by atoms with Crippen molar-refractivity contribution in [2.45, 2.75) is 116 Å². The van der Waals surface area contributed by atoms with E-state index >= 15 is 0 Å². The van der Waals surface area contributed by atoms with E-state index < -0.39 is 35.8 Å². The maximum Gasteiger partial charge on any atom is 0.303 e. The van der Waals surface area contributed by atoms with E-state index in [1.165, 1.54) is 0 Å². The fourth-order valence-corrected chi connectivity index (χ4v) is 2.72. The van der Waals surface area contributed by atoms with Gasteiger partial charge in [-0.15, -0.1) is 0 Å². The number of hydrogen-bond donors (Lipinski definition) is 6. The number of unbranched alkanes of at least 4 members (excludes halogenated alkanes) is 9. The third kappa shape index (κ3) is 48.3. The summed E-state index contributed by atoms with van der Waals surface area (Å²) in [4.78, 5) is 60.3. The molecule has 0 aromatic heterocycles. The fraction of sp³-hybridized carbons (Fsp3) is 0.750. The molecule has 0 aromatic carbocycles. The lowest BCUT2D eigenvalue weighted by Crippen LogP contribution is -1.95. The summed E-state index contributed by atoms with van der Waals surface area (Å²) in [6.45, 7) is 0. The topological polar surface area (TPSA) is 224 Å². The molecular weight excluding hydrogens is 480 g/mol. The second kappa shape index (κ2) is 28.1. The quantitative estimate of drug-likeness (QED) is 0.115. The molecule has 210 valence electrons. The molecule has 0 bridgehead atoms. The van der Waals surface area contributed by atoms with E-state index in [1.54, 1.807) is 0 Å². The zero-order valence-corrected chi connectivity index (χ0v) is 20.9. The number of hydrogen-bond acceptors (Lipinski definition) is 6. The van der Waals surface area contributed by atoms with Crippen molar-refractivity contribution < 1.29 is 59.4 Å². The van der Waals surface area contributed by atoms with Crippen molar-refractivity contribution in [2.75, 3.05) is 0 Å². The van der Waals surface area contributed by atoms with E-state index in [4.69, 9.17) is 30.6 Å². The number of carbonyl (C=O) groups is 6. The third-order valence-electron chi connectivity index (χ3n) is 4.59. The summed E-state index contributed by atoms with van der Waals surface area (Å²) in [6, 6.07) is 0. The van der Waals surface area contributed by atoms with Crippen LogP contribution in [0.2, 0.25) is 0 Å². The zero-order chi connectivity index (χ0) is 28.2. The van der Waals surface area contributed by atoms with Crippen molar-refractivity contribution in [1.29, 1.82) is 0 Å². The average Bonchev–Trinajstić information content (AvgIpc) is 2.75.